The molecule has 0 aliphatic carbocycles. The largest absolute Gasteiger partial charge is 0.383 e. The molecule has 92 valence electrons. The number of nitrogens with two attached hydrogens (primary N) is 1. The first kappa shape index (κ1) is 13.3. The number of hydrogen-bond acceptors (Lipinski definition) is 7. The summed E-state index contributed by atoms with van der Waals surface area (Å²) < 4.78 is 5.14. The average Bonchev–Trinajstić information content (AvgIpc) is 2.73. The Labute approximate surface area is 99.8 Å². The Balaban J connectivity index is 2.55. The molecular formula is C9H19N5OS. The highest BCUT2D eigenvalue weighted by Gasteiger charge is 2.14. The van der Waals surface area contributed by atoms with E-state index in [9.17, 15) is 0 Å². The molecule has 0 saturated carbocycles. The van der Waals surface area contributed by atoms with Crippen molar-refractivity contribution >= 4 is 16.5 Å². The highest BCUT2D eigenvalue weighted by atomic mass is 32.1. The monoisotopic (exact) mass is 245 g/mol. The van der Waals surface area contributed by atoms with Gasteiger partial charge in [0.1, 0.15) is 5.01 Å². The molecule has 0 spiro atoms. The van der Waals surface area contributed by atoms with Gasteiger partial charge in [-0.15, -0.1) is 10.2 Å². The first-order valence-electron chi connectivity index (χ1n) is 5.23. The van der Waals surface area contributed by atoms with E-state index in [1.54, 1.807) is 7.11 Å². The molecule has 1 heterocycles. The molecule has 0 aliphatic rings. The van der Waals surface area contributed by atoms with Crippen LogP contribution in [-0.2, 0) is 11.3 Å². The number of nitrogens with one attached hydrogen (secondary N) is 1. The van der Waals surface area contributed by atoms with E-state index in [1.165, 1.54) is 11.3 Å². The van der Waals surface area contributed by atoms with Crippen LogP contribution in [0.25, 0.3) is 0 Å². The SMILES string of the molecule is CCN(Cc1nnc(NN)s1)C(C)COC. The Kier molecular flexibility index (Phi) is 5.61. The molecule has 1 aromatic heterocycles. The number of aromatic nitrogens is 2. The lowest BCUT2D eigenvalue weighted by Crippen LogP contribution is -2.35. The highest BCUT2D eigenvalue weighted by molar-refractivity contribution is 7.15. The summed E-state index contributed by atoms with van der Waals surface area (Å²) in [6.07, 6.45) is 0. The first-order chi connectivity index (χ1) is 7.71. The van der Waals surface area contributed by atoms with Crippen LogP contribution in [0.4, 0.5) is 5.13 Å². The fraction of sp³-hybridized carbons (Fsp3) is 0.778. The maximum Gasteiger partial charge on any atom is 0.219 e. The minimum Gasteiger partial charge on any atom is -0.383 e. The zero-order valence-electron chi connectivity index (χ0n) is 9.93. The molecule has 6 nitrogen and oxygen atoms in total. The molecule has 0 fully saturated rings. The minimum absolute atomic E-state index is 0.369. The summed E-state index contributed by atoms with van der Waals surface area (Å²) >= 11 is 1.47. The van der Waals surface area contributed by atoms with Crippen LogP contribution in [0.5, 0.6) is 0 Å². The number of ether oxygens (including phenoxy) is 1. The lowest BCUT2D eigenvalue weighted by molar-refractivity contribution is 0.0980. The fourth-order valence-electron chi connectivity index (χ4n) is 1.48. The van der Waals surface area contributed by atoms with Gasteiger partial charge in [0.2, 0.25) is 5.13 Å². The number of rotatable bonds is 7. The molecule has 0 bridgehead atoms. The molecule has 1 atom stereocenters. The van der Waals surface area contributed by atoms with Crippen molar-refractivity contribution in [1.82, 2.24) is 15.1 Å². The van der Waals surface area contributed by atoms with Crippen molar-refractivity contribution in [2.45, 2.75) is 26.4 Å². The summed E-state index contributed by atoms with van der Waals surface area (Å²) in [6, 6.07) is 0.369. The third-order valence-corrected chi connectivity index (χ3v) is 3.21. The lowest BCUT2D eigenvalue weighted by Gasteiger charge is -2.25. The predicted octanol–water partition coefficient (Wildman–Crippen LogP) is 0.680. The van der Waals surface area contributed by atoms with Crippen molar-refractivity contribution in [2.24, 2.45) is 5.84 Å². The van der Waals surface area contributed by atoms with Gasteiger partial charge in [0.25, 0.3) is 0 Å². The van der Waals surface area contributed by atoms with Crippen molar-refractivity contribution in [3.8, 4) is 0 Å². The van der Waals surface area contributed by atoms with E-state index in [1.807, 2.05) is 0 Å². The average molecular weight is 245 g/mol. The van der Waals surface area contributed by atoms with Crippen LogP contribution < -0.4 is 11.3 Å². The van der Waals surface area contributed by atoms with Gasteiger partial charge in [-0.1, -0.05) is 18.3 Å². The van der Waals surface area contributed by atoms with Crippen LogP contribution in [-0.4, -0.2) is 41.4 Å². The van der Waals surface area contributed by atoms with Crippen LogP contribution in [0, 0.1) is 0 Å². The van der Waals surface area contributed by atoms with E-state index in [4.69, 9.17) is 10.6 Å². The zero-order valence-corrected chi connectivity index (χ0v) is 10.8. The van der Waals surface area contributed by atoms with Gasteiger partial charge in [0, 0.05) is 13.2 Å². The number of hydrogen-bond donors (Lipinski definition) is 2. The molecule has 16 heavy (non-hydrogen) atoms. The molecule has 1 unspecified atom stereocenters. The van der Waals surface area contributed by atoms with E-state index in [2.05, 4.69) is 34.4 Å². The van der Waals surface area contributed by atoms with Crippen LogP contribution >= 0.6 is 11.3 Å². The fourth-order valence-corrected chi connectivity index (χ4v) is 2.15. The van der Waals surface area contributed by atoms with Crippen molar-refractivity contribution < 1.29 is 4.74 Å². The normalized spacial score (nSPS) is 13.1. The molecule has 1 rings (SSSR count). The zero-order chi connectivity index (χ0) is 12.0. The number of likely N-dealkylation sites (N-methyl/N-ethyl adjacent to an activating group) is 1. The second kappa shape index (κ2) is 6.74. The first-order valence-corrected chi connectivity index (χ1v) is 6.04. The third kappa shape index (κ3) is 3.67. The Morgan fingerprint density at radius 2 is 2.31 bits per heavy atom. The van der Waals surface area contributed by atoms with E-state index in [0.29, 0.717) is 17.8 Å². The van der Waals surface area contributed by atoms with Gasteiger partial charge in [-0.3, -0.25) is 10.3 Å². The van der Waals surface area contributed by atoms with E-state index in [-0.39, 0.29) is 0 Å². The summed E-state index contributed by atoms with van der Waals surface area (Å²) in [4.78, 5) is 2.28. The van der Waals surface area contributed by atoms with Crippen molar-refractivity contribution in [1.29, 1.82) is 0 Å². The Morgan fingerprint density at radius 1 is 1.56 bits per heavy atom. The molecule has 0 aliphatic heterocycles. The maximum atomic E-state index is 5.26. The van der Waals surface area contributed by atoms with Crippen molar-refractivity contribution in [2.75, 3.05) is 25.7 Å². The van der Waals surface area contributed by atoms with Crippen molar-refractivity contribution in [3.63, 3.8) is 0 Å². The van der Waals surface area contributed by atoms with E-state index >= 15 is 0 Å². The van der Waals surface area contributed by atoms with E-state index in [0.717, 1.165) is 18.1 Å². The smallest absolute Gasteiger partial charge is 0.219 e. The van der Waals surface area contributed by atoms with Crippen LogP contribution in [0.2, 0.25) is 0 Å². The molecule has 0 radical (unpaired) electrons. The van der Waals surface area contributed by atoms with Crippen molar-refractivity contribution in [3.05, 3.63) is 5.01 Å². The highest BCUT2D eigenvalue weighted by Crippen LogP contribution is 2.16. The standard InChI is InChI=1S/C9H19N5OS/c1-4-14(7(2)6-15-3)5-8-12-13-9(11-10)16-8/h7H,4-6,10H2,1-3H3,(H,11,13). The summed E-state index contributed by atoms with van der Waals surface area (Å²) in [7, 11) is 1.71. The minimum atomic E-state index is 0.369. The van der Waals surface area contributed by atoms with Crippen LogP contribution in [0.3, 0.4) is 0 Å². The van der Waals surface area contributed by atoms with Gasteiger partial charge in [-0.25, -0.2) is 5.84 Å². The van der Waals surface area contributed by atoms with Gasteiger partial charge in [-0.05, 0) is 13.5 Å². The quantitative estimate of drug-likeness (QED) is 0.543. The molecule has 7 heteroatoms. The lowest BCUT2D eigenvalue weighted by atomic mass is 10.3. The molecule has 1 aromatic rings. The molecular weight excluding hydrogens is 226 g/mol. The number of nitrogen functional groups attached to an aromatic ring is 1. The maximum absolute atomic E-state index is 5.26. The summed E-state index contributed by atoms with van der Waals surface area (Å²) in [5.41, 5.74) is 2.49. The Morgan fingerprint density at radius 3 is 2.81 bits per heavy atom. The van der Waals surface area contributed by atoms with Gasteiger partial charge in [-0.2, -0.15) is 0 Å². The molecule has 0 aromatic carbocycles. The number of methoxy groups -OCH3 is 1. The van der Waals surface area contributed by atoms with Crippen LogP contribution in [0.1, 0.15) is 18.9 Å². The van der Waals surface area contributed by atoms with Crippen LogP contribution in [0.15, 0.2) is 0 Å². The summed E-state index contributed by atoms with van der Waals surface area (Å²) in [5, 5.41) is 9.56. The molecule has 3 N–H and O–H groups in total. The summed E-state index contributed by atoms with van der Waals surface area (Å²) in [5.74, 6) is 5.26. The number of anilines is 1. The van der Waals surface area contributed by atoms with Gasteiger partial charge < -0.3 is 4.74 Å². The van der Waals surface area contributed by atoms with Gasteiger partial charge in [0.15, 0.2) is 0 Å². The Hall–Kier alpha value is -0.760. The third-order valence-electron chi connectivity index (χ3n) is 2.37. The van der Waals surface area contributed by atoms with Gasteiger partial charge in [0.05, 0.1) is 13.2 Å². The Bertz CT molecular complexity index is 306. The number of hydrazine groups is 1. The van der Waals surface area contributed by atoms with E-state index < -0.39 is 0 Å². The second-order valence-electron chi connectivity index (χ2n) is 3.51. The molecule has 0 saturated heterocycles. The predicted molar refractivity (Wildman–Crippen MR) is 65.1 cm³/mol. The van der Waals surface area contributed by atoms with Gasteiger partial charge >= 0.3 is 0 Å². The summed E-state index contributed by atoms with van der Waals surface area (Å²) in [6.45, 7) is 6.70. The topological polar surface area (TPSA) is 76.3 Å². The molecule has 0 amide bonds. The number of nitrogens with zero attached hydrogens (tertiary/aromatic N) is 3. The second-order valence-corrected chi connectivity index (χ2v) is 4.57.